The number of ether oxygens (including phenoxy) is 2. The Morgan fingerprint density at radius 2 is 1.49 bits per heavy atom. The van der Waals surface area contributed by atoms with Crippen molar-refractivity contribution >= 4 is 0 Å². The third-order valence-corrected chi connectivity index (χ3v) is 7.14. The van der Waals surface area contributed by atoms with Gasteiger partial charge in [0, 0.05) is 6.07 Å². The van der Waals surface area contributed by atoms with Crippen molar-refractivity contribution in [3.8, 4) is 11.6 Å². The number of hydrogen-bond acceptors (Lipinski definition) is 4. The largest absolute Gasteiger partial charge is 0.492 e. The van der Waals surface area contributed by atoms with Crippen molar-refractivity contribution < 1.29 is 22.6 Å². The molecule has 1 atom stereocenters. The van der Waals surface area contributed by atoms with Crippen LogP contribution in [-0.2, 0) is 12.3 Å². The van der Waals surface area contributed by atoms with Gasteiger partial charge in [0.05, 0.1) is 36.6 Å². The van der Waals surface area contributed by atoms with Crippen molar-refractivity contribution in [1.29, 1.82) is 0 Å². The first-order valence-corrected chi connectivity index (χ1v) is 14.3. The minimum Gasteiger partial charge on any atom is -0.492 e. The highest BCUT2D eigenvalue weighted by atomic mass is 19.3. The first kappa shape index (κ1) is 29.2. The number of unbranched alkanes of at least 4 members (excludes halogenated alkanes) is 10. The molecule has 2 heterocycles. The zero-order chi connectivity index (χ0) is 26.5. The second-order valence-corrected chi connectivity index (χ2v) is 10.2. The van der Waals surface area contributed by atoms with Gasteiger partial charge in [0.1, 0.15) is 5.75 Å². The molecule has 1 aliphatic carbocycles. The van der Waals surface area contributed by atoms with Crippen molar-refractivity contribution in [1.82, 2.24) is 9.97 Å². The molecule has 4 nitrogen and oxygen atoms in total. The van der Waals surface area contributed by atoms with E-state index < -0.39 is 23.4 Å². The van der Waals surface area contributed by atoms with Gasteiger partial charge in [-0.25, -0.2) is 8.78 Å². The van der Waals surface area contributed by atoms with Gasteiger partial charge >= 0.3 is 0 Å². The number of aryl methyl sites for hydroxylation is 1. The van der Waals surface area contributed by atoms with E-state index >= 15 is 8.78 Å². The van der Waals surface area contributed by atoms with E-state index in [1.807, 2.05) is 0 Å². The summed E-state index contributed by atoms with van der Waals surface area (Å²) < 4.78 is 57.1. The van der Waals surface area contributed by atoms with E-state index in [1.54, 1.807) is 12.1 Å². The van der Waals surface area contributed by atoms with E-state index in [4.69, 9.17) is 9.47 Å². The summed E-state index contributed by atoms with van der Waals surface area (Å²) >= 11 is 0. The highest BCUT2D eigenvalue weighted by Crippen LogP contribution is 2.50. The van der Waals surface area contributed by atoms with Gasteiger partial charge in [-0.2, -0.15) is 9.37 Å². The Kier molecular flexibility index (Phi) is 12.0. The minimum atomic E-state index is -3.41. The van der Waals surface area contributed by atoms with Crippen molar-refractivity contribution in [2.45, 2.75) is 116 Å². The zero-order valence-electron chi connectivity index (χ0n) is 22.5. The van der Waals surface area contributed by atoms with Gasteiger partial charge in [-0.15, -0.1) is 0 Å². The summed E-state index contributed by atoms with van der Waals surface area (Å²) in [4.78, 5) is 7.99. The van der Waals surface area contributed by atoms with E-state index in [-0.39, 0.29) is 23.6 Å². The van der Waals surface area contributed by atoms with E-state index in [0.29, 0.717) is 25.4 Å². The van der Waals surface area contributed by atoms with Gasteiger partial charge in [0.2, 0.25) is 11.8 Å². The molecule has 0 saturated heterocycles. The molecule has 0 spiro atoms. The molecule has 0 saturated carbocycles. The van der Waals surface area contributed by atoms with Gasteiger partial charge in [-0.3, -0.25) is 4.98 Å². The number of fused-ring (bicyclic) bond motifs is 1. The highest BCUT2D eigenvalue weighted by molar-refractivity contribution is 5.39. The molecule has 0 N–H and O–H groups in total. The minimum absolute atomic E-state index is 0.0871. The van der Waals surface area contributed by atoms with E-state index in [2.05, 4.69) is 23.8 Å². The van der Waals surface area contributed by atoms with Crippen molar-refractivity contribution in [2.24, 2.45) is 0 Å². The maximum absolute atomic E-state index is 15.5. The first-order chi connectivity index (χ1) is 18.0. The molecule has 2 aromatic rings. The summed E-state index contributed by atoms with van der Waals surface area (Å²) in [5.74, 6) is -5.11. The standard InChI is InChI=1S/C30H43F3N2O2/c1-3-5-7-9-11-13-19-36-24-16-18-26(34-22-24)25-17-15-23-21-27(35-29(31)28(23)30(25,32)33)37-20-14-12-10-8-6-4-2/h16,18,21-22,25H,3-15,17,19-20H2,1-2H3. The molecule has 2 aromatic heterocycles. The van der Waals surface area contributed by atoms with Crippen LogP contribution < -0.4 is 9.47 Å². The lowest BCUT2D eigenvalue weighted by Crippen LogP contribution is -2.32. The van der Waals surface area contributed by atoms with Gasteiger partial charge in [0.15, 0.2) is 0 Å². The molecule has 1 unspecified atom stereocenters. The van der Waals surface area contributed by atoms with Crippen molar-refractivity contribution in [3.05, 3.63) is 47.2 Å². The van der Waals surface area contributed by atoms with Crippen LogP contribution in [0.2, 0.25) is 0 Å². The van der Waals surface area contributed by atoms with Crippen LogP contribution in [-0.4, -0.2) is 23.2 Å². The van der Waals surface area contributed by atoms with Crippen LogP contribution in [0, 0.1) is 5.95 Å². The highest BCUT2D eigenvalue weighted by Gasteiger charge is 2.49. The van der Waals surface area contributed by atoms with E-state index in [1.165, 1.54) is 57.2 Å². The summed E-state index contributed by atoms with van der Waals surface area (Å²) in [6.45, 7) is 5.36. The summed E-state index contributed by atoms with van der Waals surface area (Å²) in [6, 6.07) is 4.73. The fraction of sp³-hybridized carbons (Fsp3) is 0.667. The molecule has 7 heteroatoms. The average molecular weight is 521 g/mol. The van der Waals surface area contributed by atoms with Crippen molar-refractivity contribution in [2.75, 3.05) is 13.2 Å². The molecule has 0 fully saturated rings. The third kappa shape index (κ3) is 8.61. The summed E-state index contributed by atoms with van der Waals surface area (Å²) in [5.41, 5.74) is -0.114. The van der Waals surface area contributed by atoms with Gasteiger partial charge < -0.3 is 9.47 Å². The number of pyridine rings is 2. The Morgan fingerprint density at radius 1 is 0.865 bits per heavy atom. The van der Waals surface area contributed by atoms with Gasteiger partial charge in [-0.05, 0) is 43.4 Å². The second kappa shape index (κ2) is 15.2. The van der Waals surface area contributed by atoms with E-state index in [9.17, 15) is 4.39 Å². The molecule has 0 bridgehead atoms. The molecular formula is C30H43F3N2O2. The number of hydrogen-bond donors (Lipinski definition) is 0. The maximum Gasteiger partial charge on any atom is 0.286 e. The van der Waals surface area contributed by atoms with Crippen LogP contribution in [0.1, 0.15) is 120 Å². The predicted molar refractivity (Wildman–Crippen MR) is 141 cm³/mol. The third-order valence-electron chi connectivity index (χ3n) is 7.14. The number of nitrogens with zero attached hydrogens (tertiary/aromatic N) is 2. The molecule has 0 aliphatic heterocycles. The maximum atomic E-state index is 15.5. The Labute approximate surface area is 220 Å². The summed E-state index contributed by atoms with van der Waals surface area (Å²) in [6.07, 6.45) is 15.6. The molecule has 206 valence electrons. The number of alkyl halides is 2. The normalized spacial score (nSPS) is 16.4. The predicted octanol–water partition coefficient (Wildman–Crippen LogP) is 8.92. The Balaban J connectivity index is 1.54. The van der Waals surface area contributed by atoms with E-state index in [0.717, 1.165) is 32.1 Å². The number of rotatable bonds is 17. The van der Waals surface area contributed by atoms with Gasteiger partial charge in [-0.1, -0.05) is 78.1 Å². The number of halogens is 3. The molecule has 1 aliphatic rings. The average Bonchev–Trinajstić information content (AvgIpc) is 2.88. The smallest absolute Gasteiger partial charge is 0.286 e. The summed E-state index contributed by atoms with van der Waals surface area (Å²) in [7, 11) is 0. The number of aromatic nitrogens is 2. The summed E-state index contributed by atoms with van der Waals surface area (Å²) in [5, 5.41) is 0. The first-order valence-electron chi connectivity index (χ1n) is 14.3. The Morgan fingerprint density at radius 3 is 2.11 bits per heavy atom. The lowest BCUT2D eigenvalue weighted by Gasteiger charge is -2.33. The fourth-order valence-electron chi connectivity index (χ4n) is 4.97. The van der Waals surface area contributed by atoms with Crippen LogP contribution >= 0.6 is 0 Å². The van der Waals surface area contributed by atoms with Crippen LogP contribution in [0.25, 0.3) is 0 Å². The molecule has 0 amide bonds. The van der Waals surface area contributed by atoms with Crippen LogP contribution in [0.3, 0.4) is 0 Å². The molecular weight excluding hydrogens is 477 g/mol. The quantitative estimate of drug-likeness (QED) is 0.154. The monoisotopic (exact) mass is 520 g/mol. The van der Waals surface area contributed by atoms with Crippen molar-refractivity contribution in [3.63, 3.8) is 0 Å². The molecule has 3 rings (SSSR count). The zero-order valence-corrected chi connectivity index (χ0v) is 22.5. The topological polar surface area (TPSA) is 44.2 Å². The van der Waals surface area contributed by atoms with Crippen LogP contribution in [0.4, 0.5) is 13.2 Å². The molecule has 0 radical (unpaired) electrons. The fourth-order valence-corrected chi connectivity index (χ4v) is 4.97. The lowest BCUT2D eigenvalue weighted by atomic mass is 9.79. The molecule has 37 heavy (non-hydrogen) atoms. The lowest BCUT2D eigenvalue weighted by molar-refractivity contribution is -0.0488. The molecule has 0 aromatic carbocycles. The van der Waals surface area contributed by atoms with Crippen LogP contribution in [0.15, 0.2) is 24.4 Å². The SMILES string of the molecule is CCCCCCCCOc1ccc(C2CCc3cc(OCCCCCCCC)nc(F)c3C2(F)F)nc1. The Hall–Kier alpha value is -2.31. The van der Waals surface area contributed by atoms with Gasteiger partial charge in [0.25, 0.3) is 5.92 Å². The Bertz CT molecular complexity index is 937. The second-order valence-electron chi connectivity index (χ2n) is 10.2. The van der Waals surface area contributed by atoms with Crippen LogP contribution in [0.5, 0.6) is 11.6 Å².